The molecule has 0 unspecified atom stereocenters. The Morgan fingerprint density at radius 1 is 1.53 bits per heavy atom. The molecule has 4 nitrogen and oxygen atoms in total. The highest BCUT2D eigenvalue weighted by Gasteiger charge is 2.36. The van der Waals surface area contributed by atoms with Crippen molar-refractivity contribution in [3.8, 4) is 0 Å². The largest absolute Gasteiger partial charge is 0.344 e. The second kappa shape index (κ2) is 5.96. The minimum Gasteiger partial charge on any atom is -0.344 e. The van der Waals surface area contributed by atoms with Gasteiger partial charge in [0.2, 0.25) is 5.91 Å². The van der Waals surface area contributed by atoms with Crippen molar-refractivity contribution in [2.24, 2.45) is 0 Å². The minimum absolute atomic E-state index is 0.0136. The van der Waals surface area contributed by atoms with Gasteiger partial charge in [-0.05, 0) is 30.9 Å². The zero-order valence-electron chi connectivity index (χ0n) is 11.4. The van der Waals surface area contributed by atoms with Crippen LogP contribution in [0.25, 0.3) is 0 Å². The number of hydrogen-bond donors (Lipinski definition) is 0. The fourth-order valence-corrected chi connectivity index (χ4v) is 4.01. The average Bonchev–Trinajstić information content (AvgIpc) is 3.04. The van der Waals surface area contributed by atoms with E-state index in [9.17, 15) is 9.59 Å². The second-order valence-corrected chi connectivity index (χ2v) is 6.49. The first-order chi connectivity index (χ1) is 9.06. The van der Waals surface area contributed by atoms with Gasteiger partial charge < -0.3 is 9.80 Å². The van der Waals surface area contributed by atoms with Crippen LogP contribution in [0.2, 0.25) is 0 Å². The van der Waals surface area contributed by atoms with Crippen molar-refractivity contribution in [3.05, 3.63) is 21.9 Å². The van der Waals surface area contributed by atoms with E-state index in [2.05, 4.69) is 0 Å². The van der Waals surface area contributed by atoms with Gasteiger partial charge in [0.15, 0.2) is 0 Å². The molecule has 104 valence electrons. The van der Waals surface area contributed by atoms with Crippen LogP contribution in [-0.2, 0) is 4.79 Å². The van der Waals surface area contributed by atoms with E-state index in [1.165, 1.54) is 11.3 Å². The first-order valence-corrected chi connectivity index (χ1v) is 8.27. The number of thiophene rings is 1. The SMILES string of the molecule is CCN(C)C(=O)[C@@H]1CSCN1C(=O)c1sccc1C. The lowest BCUT2D eigenvalue weighted by Crippen LogP contribution is -2.47. The Morgan fingerprint density at radius 2 is 2.26 bits per heavy atom. The Labute approximate surface area is 121 Å². The highest BCUT2D eigenvalue weighted by atomic mass is 32.2. The molecule has 1 aromatic heterocycles. The van der Waals surface area contributed by atoms with Crippen LogP contribution >= 0.6 is 23.1 Å². The van der Waals surface area contributed by atoms with E-state index in [0.29, 0.717) is 18.2 Å². The number of carbonyl (C=O) groups is 2. The maximum atomic E-state index is 12.5. The van der Waals surface area contributed by atoms with E-state index >= 15 is 0 Å². The summed E-state index contributed by atoms with van der Waals surface area (Å²) in [6.45, 7) is 4.54. The number of likely N-dealkylation sites (N-methyl/N-ethyl adjacent to an activating group) is 1. The van der Waals surface area contributed by atoms with Crippen molar-refractivity contribution in [1.29, 1.82) is 0 Å². The Balaban J connectivity index is 2.17. The summed E-state index contributed by atoms with van der Waals surface area (Å²) >= 11 is 3.09. The van der Waals surface area contributed by atoms with Gasteiger partial charge in [-0.2, -0.15) is 0 Å². The van der Waals surface area contributed by atoms with Crippen LogP contribution in [0, 0.1) is 6.92 Å². The second-order valence-electron chi connectivity index (χ2n) is 4.58. The van der Waals surface area contributed by atoms with E-state index in [1.807, 2.05) is 25.3 Å². The molecule has 1 aliphatic rings. The Morgan fingerprint density at radius 3 is 2.84 bits per heavy atom. The van der Waals surface area contributed by atoms with Crippen molar-refractivity contribution in [1.82, 2.24) is 9.80 Å². The van der Waals surface area contributed by atoms with E-state index in [4.69, 9.17) is 0 Å². The quantitative estimate of drug-likeness (QED) is 0.857. The molecule has 1 aromatic rings. The molecule has 0 N–H and O–H groups in total. The van der Waals surface area contributed by atoms with Crippen LogP contribution in [0.15, 0.2) is 11.4 Å². The molecule has 1 atom stereocenters. The predicted molar refractivity (Wildman–Crippen MR) is 79.6 cm³/mol. The first-order valence-electron chi connectivity index (χ1n) is 6.24. The fourth-order valence-electron chi connectivity index (χ4n) is 1.98. The number of aryl methyl sites for hydroxylation is 1. The van der Waals surface area contributed by atoms with Crippen molar-refractivity contribution >= 4 is 34.9 Å². The minimum atomic E-state index is -0.316. The third kappa shape index (κ3) is 2.79. The zero-order chi connectivity index (χ0) is 14.0. The van der Waals surface area contributed by atoms with Crippen molar-refractivity contribution in [3.63, 3.8) is 0 Å². The van der Waals surface area contributed by atoms with Crippen LogP contribution in [0.1, 0.15) is 22.2 Å². The van der Waals surface area contributed by atoms with Gasteiger partial charge in [-0.25, -0.2) is 0 Å². The topological polar surface area (TPSA) is 40.6 Å². The fraction of sp³-hybridized carbons (Fsp3) is 0.538. The zero-order valence-corrected chi connectivity index (χ0v) is 13.0. The van der Waals surface area contributed by atoms with Crippen LogP contribution in [0.3, 0.4) is 0 Å². The Bertz CT molecular complexity index is 487. The molecule has 0 saturated carbocycles. The molecule has 19 heavy (non-hydrogen) atoms. The maximum Gasteiger partial charge on any atom is 0.265 e. The molecule has 0 aliphatic carbocycles. The summed E-state index contributed by atoms with van der Waals surface area (Å²) in [5.74, 6) is 1.32. The van der Waals surface area contributed by atoms with E-state index in [1.54, 1.807) is 28.6 Å². The summed E-state index contributed by atoms with van der Waals surface area (Å²) in [6.07, 6.45) is 0. The van der Waals surface area contributed by atoms with Gasteiger partial charge in [0, 0.05) is 19.3 Å². The number of nitrogens with zero attached hydrogens (tertiary/aromatic N) is 2. The molecule has 0 radical (unpaired) electrons. The van der Waals surface area contributed by atoms with Gasteiger partial charge in [0.1, 0.15) is 6.04 Å². The lowest BCUT2D eigenvalue weighted by molar-refractivity contribution is -0.133. The number of amides is 2. The lowest BCUT2D eigenvalue weighted by atomic mass is 10.2. The normalized spacial score (nSPS) is 18.7. The van der Waals surface area contributed by atoms with Crippen molar-refractivity contribution in [2.75, 3.05) is 25.2 Å². The monoisotopic (exact) mass is 298 g/mol. The lowest BCUT2D eigenvalue weighted by Gasteiger charge is -2.26. The van der Waals surface area contributed by atoms with Gasteiger partial charge in [-0.15, -0.1) is 23.1 Å². The number of thioether (sulfide) groups is 1. The van der Waals surface area contributed by atoms with Gasteiger partial charge in [0.05, 0.1) is 10.8 Å². The maximum absolute atomic E-state index is 12.5. The molecule has 2 amide bonds. The average molecular weight is 298 g/mol. The van der Waals surface area contributed by atoms with Crippen LogP contribution < -0.4 is 0 Å². The molecule has 0 spiro atoms. The summed E-state index contributed by atoms with van der Waals surface area (Å²) < 4.78 is 0. The smallest absolute Gasteiger partial charge is 0.265 e. The van der Waals surface area contributed by atoms with E-state index in [-0.39, 0.29) is 17.9 Å². The molecule has 2 heterocycles. The number of rotatable bonds is 3. The molecule has 0 bridgehead atoms. The molecule has 2 rings (SSSR count). The molecular formula is C13H18N2O2S2. The van der Waals surface area contributed by atoms with Crippen LogP contribution in [0.5, 0.6) is 0 Å². The summed E-state index contributed by atoms with van der Waals surface area (Å²) in [6, 6.07) is 1.62. The first kappa shape index (κ1) is 14.4. The summed E-state index contributed by atoms with van der Waals surface area (Å²) in [5, 5.41) is 1.92. The molecule has 6 heteroatoms. The standard InChI is InChI=1S/C13H18N2O2S2/c1-4-14(3)12(16)10-7-18-8-15(10)13(17)11-9(2)5-6-19-11/h5-6,10H,4,7-8H2,1-3H3/t10-/m0/s1. The van der Waals surface area contributed by atoms with E-state index < -0.39 is 0 Å². The van der Waals surface area contributed by atoms with Gasteiger partial charge >= 0.3 is 0 Å². The highest BCUT2D eigenvalue weighted by Crippen LogP contribution is 2.27. The molecule has 1 aliphatic heterocycles. The Kier molecular flexibility index (Phi) is 4.52. The summed E-state index contributed by atoms with van der Waals surface area (Å²) in [7, 11) is 1.78. The van der Waals surface area contributed by atoms with Crippen molar-refractivity contribution < 1.29 is 9.59 Å². The van der Waals surface area contributed by atoms with Gasteiger partial charge in [0.25, 0.3) is 5.91 Å². The van der Waals surface area contributed by atoms with Gasteiger partial charge in [-0.1, -0.05) is 0 Å². The summed E-state index contributed by atoms with van der Waals surface area (Å²) in [4.78, 5) is 28.9. The van der Waals surface area contributed by atoms with Crippen molar-refractivity contribution in [2.45, 2.75) is 19.9 Å². The molecular weight excluding hydrogens is 280 g/mol. The molecule has 1 fully saturated rings. The van der Waals surface area contributed by atoms with Crippen LogP contribution in [-0.4, -0.2) is 52.9 Å². The third-order valence-electron chi connectivity index (χ3n) is 3.34. The third-order valence-corrected chi connectivity index (χ3v) is 5.35. The number of hydrogen-bond acceptors (Lipinski definition) is 4. The molecule has 0 aromatic carbocycles. The highest BCUT2D eigenvalue weighted by molar-refractivity contribution is 7.99. The summed E-state index contributed by atoms with van der Waals surface area (Å²) in [5.41, 5.74) is 0.988. The van der Waals surface area contributed by atoms with Crippen LogP contribution in [0.4, 0.5) is 0 Å². The van der Waals surface area contributed by atoms with E-state index in [0.717, 1.165) is 10.4 Å². The van der Waals surface area contributed by atoms with Gasteiger partial charge in [-0.3, -0.25) is 9.59 Å². The predicted octanol–water partition coefficient (Wildman–Crippen LogP) is 2.05. The number of carbonyl (C=O) groups excluding carboxylic acids is 2. The molecule has 1 saturated heterocycles. The Hall–Kier alpha value is -1.01.